The van der Waals surface area contributed by atoms with Crippen molar-refractivity contribution in [1.29, 1.82) is 0 Å². The Morgan fingerprint density at radius 2 is 2.03 bits per heavy atom. The van der Waals surface area contributed by atoms with Crippen molar-refractivity contribution in [3.8, 4) is 0 Å². The van der Waals surface area contributed by atoms with Gasteiger partial charge in [-0.1, -0.05) is 12.1 Å². The number of anilines is 3. The minimum atomic E-state index is -3.74. The van der Waals surface area contributed by atoms with Crippen LogP contribution in [0, 0.1) is 6.92 Å². The van der Waals surface area contributed by atoms with Gasteiger partial charge in [-0.15, -0.1) is 0 Å². The predicted octanol–water partition coefficient (Wildman–Crippen LogP) is 2.96. The van der Waals surface area contributed by atoms with E-state index in [1.165, 1.54) is 6.07 Å². The summed E-state index contributed by atoms with van der Waals surface area (Å²) < 4.78 is 29.0. The molecule has 31 heavy (non-hydrogen) atoms. The minimum Gasteiger partial charge on any atom is -0.394 e. The fourth-order valence-electron chi connectivity index (χ4n) is 2.66. The lowest BCUT2D eigenvalue weighted by Crippen LogP contribution is -2.24. The molecule has 164 valence electrons. The van der Waals surface area contributed by atoms with Gasteiger partial charge in [0.15, 0.2) is 0 Å². The highest BCUT2D eigenvalue weighted by Gasteiger charge is 2.18. The number of benzene rings is 1. The number of aryl methyl sites for hydroxylation is 1. The Hall–Kier alpha value is -2.60. The van der Waals surface area contributed by atoms with Gasteiger partial charge in [0.25, 0.3) is 0 Å². The third kappa shape index (κ3) is 6.20. The van der Waals surface area contributed by atoms with Gasteiger partial charge in [0.05, 0.1) is 16.0 Å². The van der Waals surface area contributed by atoms with E-state index >= 15 is 0 Å². The van der Waals surface area contributed by atoms with E-state index in [0.717, 1.165) is 5.56 Å². The topological polar surface area (TPSA) is 129 Å². The number of aliphatic hydroxyl groups excluding tert-OH is 1. The molecule has 3 aromatic rings. The van der Waals surface area contributed by atoms with Crippen molar-refractivity contribution in [2.45, 2.75) is 31.3 Å². The minimum absolute atomic E-state index is 0.0512. The number of aromatic nitrogens is 3. The molecule has 0 spiro atoms. The monoisotopic (exact) mass is 506 g/mol. The summed E-state index contributed by atoms with van der Waals surface area (Å²) in [6.45, 7) is 3.64. The highest BCUT2D eigenvalue weighted by atomic mass is 79.9. The molecule has 0 aliphatic carbocycles. The lowest BCUT2D eigenvalue weighted by molar-refractivity contribution is 0.281. The van der Waals surface area contributed by atoms with E-state index in [2.05, 4.69) is 46.2 Å². The maximum atomic E-state index is 12.9. The van der Waals surface area contributed by atoms with Crippen molar-refractivity contribution in [1.82, 2.24) is 19.7 Å². The van der Waals surface area contributed by atoms with Gasteiger partial charge in [-0.2, -0.15) is 4.98 Å². The zero-order valence-electron chi connectivity index (χ0n) is 17.0. The number of rotatable bonds is 9. The van der Waals surface area contributed by atoms with Crippen LogP contribution in [0.3, 0.4) is 0 Å². The zero-order chi connectivity index (χ0) is 22.4. The van der Waals surface area contributed by atoms with Crippen LogP contribution in [0.2, 0.25) is 0 Å². The maximum Gasteiger partial charge on any atom is 0.241 e. The highest BCUT2D eigenvalue weighted by molar-refractivity contribution is 9.10. The number of hydrogen-bond donors (Lipinski definition) is 4. The second kappa shape index (κ2) is 10.1. The third-order valence-electron chi connectivity index (χ3n) is 4.32. The molecule has 3 rings (SSSR count). The van der Waals surface area contributed by atoms with Gasteiger partial charge in [-0.3, -0.25) is 4.98 Å². The van der Waals surface area contributed by atoms with Crippen molar-refractivity contribution >= 4 is 43.4 Å². The fourth-order valence-corrected chi connectivity index (χ4v) is 4.25. The first-order valence-corrected chi connectivity index (χ1v) is 11.7. The normalized spacial score (nSPS) is 12.4. The number of hydrogen-bond acceptors (Lipinski definition) is 8. The fraction of sp³-hybridized carbons (Fsp3) is 0.250. The molecule has 0 amide bonds. The number of halogens is 1. The van der Waals surface area contributed by atoms with Gasteiger partial charge in [-0.05, 0) is 59.1 Å². The molecule has 0 saturated heterocycles. The molecule has 0 aliphatic rings. The van der Waals surface area contributed by atoms with Crippen LogP contribution in [0.1, 0.15) is 18.1 Å². The molecule has 0 bridgehead atoms. The molecule has 0 unspecified atom stereocenters. The van der Waals surface area contributed by atoms with Gasteiger partial charge in [0, 0.05) is 36.9 Å². The molecule has 0 aliphatic heterocycles. The summed E-state index contributed by atoms with van der Waals surface area (Å²) in [5.74, 6) is 0.795. The van der Waals surface area contributed by atoms with Crippen molar-refractivity contribution in [2.24, 2.45) is 0 Å². The van der Waals surface area contributed by atoms with Gasteiger partial charge in [0.2, 0.25) is 16.0 Å². The van der Waals surface area contributed by atoms with E-state index < -0.39 is 10.0 Å². The van der Waals surface area contributed by atoms with E-state index in [9.17, 15) is 13.5 Å². The number of aliphatic hydroxyl groups is 1. The predicted molar refractivity (Wildman–Crippen MR) is 123 cm³/mol. The Balaban J connectivity index is 1.80. The van der Waals surface area contributed by atoms with Crippen LogP contribution < -0.4 is 15.4 Å². The average molecular weight is 507 g/mol. The van der Waals surface area contributed by atoms with Crippen LogP contribution in [-0.2, 0) is 16.6 Å². The number of sulfonamides is 1. The van der Waals surface area contributed by atoms with Gasteiger partial charge in [0.1, 0.15) is 5.82 Å². The van der Waals surface area contributed by atoms with E-state index in [-0.39, 0.29) is 30.0 Å². The van der Waals surface area contributed by atoms with E-state index in [0.29, 0.717) is 21.5 Å². The summed E-state index contributed by atoms with van der Waals surface area (Å²) >= 11 is 3.37. The SMILES string of the molecule is Cc1ccc(Nc2ncc(Br)c(N[C@H](C)CO)n2)cc1S(=O)(=O)NCc1cccnc1. The van der Waals surface area contributed by atoms with E-state index in [4.69, 9.17) is 0 Å². The molecule has 4 N–H and O–H groups in total. The van der Waals surface area contributed by atoms with Crippen LogP contribution in [-0.4, -0.2) is 41.1 Å². The van der Waals surface area contributed by atoms with Crippen LogP contribution >= 0.6 is 15.9 Å². The molecule has 2 heterocycles. The van der Waals surface area contributed by atoms with Crippen molar-refractivity contribution in [3.05, 3.63) is 64.5 Å². The van der Waals surface area contributed by atoms with Crippen LogP contribution in [0.5, 0.6) is 0 Å². The number of pyridine rings is 1. The lowest BCUT2D eigenvalue weighted by atomic mass is 10.2. The van der Waals surface area contributed by atoms with Crippen LogP contribution in [0.4, 0.5) is 17.5 Å². The highest BCUT2D eigenvalue weighted by Crippen LogP contribution is 2.25. The number of nitrogens with zero attached hydrogens (tertiary/aromatic N) is 3. The molecule has 9 nitrogen and oxygen atoms in total. The van der Waals surface area contributed by atoms with Crippen molar-refractivity contribution in [2.75, 3.05) is 17.2 Å². The largest absolute Gasteiger partial charge is 0.394 e. The van der Waals surface area contributed by atoms with Crippen LogP contribution in [0.25, 0.3) is 0 Å². The summed E-state index contributed by atoms with van der Waals surface area (Å²) in [6.07, 6.45) is 4.82. The second-order valence-corrected chi connectivity index (χ2v) is 9.50. The molecule has 0 radical (unpaired) electrons. The quantitative estimate of drug-likeness (QED) is 0.348. The summed E-state index contributed by atoms with van der Waals surface area (Å²) in [6, 6.07) is 8.37. The van der Waals surface area contributed by atoms with Gasteiger partial charge in [-0.25, -0.2) is 18.1 Å². The molecule has 1 aromatic carbocycles. The number of nitrogens with one attached hydrogen (secondary N) is 3. The first-order chi connectivity index (χ1) is 14.8. The summed E-state index contributed by atoms with van der Waals surface area (Å²) in [4.78, 5) is 12.7. The third-order valence-corrected chi connectivity index (χ3v) is 6.45. The Bertz CT molecular complexity index is 1140. The van der Waals surface area contributed by atoms with E-state index in [1.54, 1.807) is 49.8 Å². The Morgan fingerprint density at radius 3 is 2.74 bits per heavy atom. The Kier molecular flexibility index (Phi) is 7.55. The standard InChI is InChI=1S/C20H23BrN6O3S/c1-13-5-6-16(26-20-23-11-17(21)19(27-20)25-14(2)12-28)8-18(13)31(29,30)24-10-15-4-3-7-22-9-15/h3-9,11,14,24,28H,10,12H2,1-2H3,(H2,23,25,26,27)/t14-/m1/s1. The summed E-state index contributed by atoms with van der Waals surface area (Å²) in [5, 5.41) is 15.3. The molecular weight excluding hydrogens is 484 g/mol. The molecule has 0 saturated carbocycles. The lowest BCUT2D eigenvalue weighted by Gasteiger charge is -2.15. The second-order valence-electron chi connectivity index (χ2n) is 6.91. The summed E-state index contributed by atoms with van der Waals surface area (Å²) in [5.41, 5.74) is 1.90. The molecule has 1 atom stereocenters. The summed E-state index contributed by atoms with van der Waals surface area (Å²) in [7, 11) is -3.74. The first-order valence-electron chi connectivity index (χ1n) is 9.44. The molecule has 11 heteroatoms. The van der Waals surface area contributed by atoms with Crippen molar-refractivity contribution < 1.29 is 13.5 Å². The van der Waals surface area contributed by atoms with Gasteiger partial charge >= 0.3 is 0 Å². The van der Waals surface area contributed by atoms with Crippen LogP contribution in [0.15, 0.2) is 58.3 Å². The Morgan fingerprint density at radius 1 is 1.23 bits per heavy atom. The molecular formula is C20H23BrN6O3S. The van der Waals surface area contributed by atoms with Gasteiger partial charge < -0.3 is 15.7 Å². The van der Waals surface area contributed by atoms with E-state index in [1.807, 2.05) is 6.92 Å². The molecule has 0 fully saturated rings. The smallest absolute Gasteiger partial charge is 0.241 e. The average Bonchev–Trinajstić information content (AvgIpc) is 2.76. The first kappa shape index (κ1) is 23.1. The Labute approximate surface area is 189 Å². The zero-order valence-corrected chi connectivity index (χ0v) is 19.4. The maximum absolute atomic E-state index is 12.9. The van der Waals surface area contributed by atoms with Crippen molar-refractivity contribution in [3.63, 3.8) is 0 Å². The molecule has 2 aromatic heterocycles.